The van der Waals surface area contributed by atoms with Gasteiger partial charge in [-0.15, -0.1) is 0 Å². The van der Waals surface area contributed by atoms with E-state index < -0.39 is 0 Å². The second-order valence-electron chi connectivity index (χ2n) is 6.50. The molecule has 0 bridgehead atoms. The lowest BCUT2D eigenvalue weighted by molar-refractivity contribution is 0.265. The third-order valence-electron chi connectivity index (χ3n) is 4.57. The van der Waals surface area contributed by atoms with E-state index in [0.717, 1.165) is 11.4 Å². The number of nitrogens with one attached hydrogen (secondary N) is 1. The number of methoxy groups -OCH3 is 1. The van der Waals surface area contributed by atoms with E-state index in [0.29, 0.717) is 6.04 Å². The second kappa shape index (κ2) is 5.44. The molecule has 21 heavy (non-hydrogen) atoms. The third-order valence-corrected chi connectivity index (χ3v) is 4.57. The number of benzene rings is 2. The molecule has 0 saturated heterocycles. The van der Waals surface area contributed by atoms with Crippen LogP contribution in [-0.4, -0.2) is 7.11 Å². The molecule has 110 valence electrons. The largest absolute Gasteiger partial charge is 0.497 e. The van der Waals surface area contributed by atoms with Gasteiger partial charge in [-0.2, -0.15) is 0 Å². The Bertz CT molecular complexity index is 633. The van der Waals surface area contributed by atoms with Crippen LogP contribution in [0.1, 0.15) is 37.4 Å². The Morgan fingerprint density at radius 1 is 1.10 bits per heavy atom. The Morgan fingerprint density at radius 3 is 2.71 bits per heavy atom. The Hall–Kier alpha value is -1.96. The van der Waals surface area contributed by atoms with E-state index in [1.165, 1.54) is 24.0 Å². The molecule has 0 aromatic heterocycles. The first-order valence-corrected chi connectivity index (χ1v) is 7.58. The minimum atomic E-state index is 0.234. The summed E-state index contributed by atoms with van der Waals surface area (Å²) in [5.41, 5.74) is 4.25. The zero-order chi connectivity index (χ0) is 14.9. The third kappa shape index (κ3) is 2.76. The van der Waals surface area contributed by atoms with Crippen LogP contribution in [0.5, 0.6) is 5.75 Å². The molecule has 1 N–H and O–H groups in total. The van der Waals surface area contributed by atoms with E-state index in [1.54, 1.807) is 7.11 Å². The highest BCUT2D eigenvalue weighted by atomic mass is 16.5. The van der Waals surface area contributed by atoms with Gasteiger partial charge < -0.3 is 10.1 Å². The number of anilines is 1. The zero-order valence-corrected chi connectivity index (χ0v) is 13.0. The van der Waals surface area contributed by atoms with Crippen molar-refractivity contribution in [3.63, 3.8) is 0 Å². The molecule has 1 aliphatic carbocycles. The van der Waals surface area contributed by atoms with Crippen LogP contribution in [0.2, 0.25) is 0 Å². The van der Waals surface area contributed by atoms with Gasteiger partial charge in [0.1, 0.15) is 5.75 Å². The summed E-state index contributed by atoms with van der Waals surface area (Å²) in [7, 11) is 1.71. The molecule has 1 unspecified atom stereocenters. The monoisotopic (exact) mass is 281 g/mol. The van der Waals surface area contributed by atoms with Crippen LogP contribution in [0.3, 0.4) is 0 Å². The number of hydrogen-bond acceptors (Lipinski definition) is 2. The summed E-state index contributed by atoms with van der Waals surface area (Å²) in [5.74, 6) is 0.891. The molecule has 0 radical (unpaired) electrons. The molecular formula is C19H23NO. The van der Waals surface area contributed by atoms with Crippen molar-refractivity contribution >= 4 is 5.69 Å². The lowest BCUT2D eigenvalue weighted by Crippen LogP contribution is -2.33. The fourth-order valence-electron chi connectivity index (χ4n) is 3.22. The second-order valence-corrected chi connectivity index (χ2v) is 6.50. The van der Waals surface area contributed by atoms with Crippen molar-refractivity contribution in [3.8, 4) is 5.75 Å². The first-order chi connectivity index (χ1) is 10.1. The summed E-state index contributed by atoms with van der Waals surface area (Å²) in [6.45, 7) is 4.70. The van der Waals surface area contributed by atoms with Crippen molar-refractivity contribution in [2.75, 3.05) is 12.4 Å². The highest BCUT2D eigenvalue weighted by molar-refractivity contribution is 5.51. The molecular weight excluding hydrogens is 258 g/mol. The average molecular weight is 281 g/mol. The van der Waals surface area contributed by atoms with Crippen molar-refractivity contribution in [1.82, 2.24) is 0 Å². The maximum Gasteiger partial charge on any atom is 0.120 e. The van der Waals surface area contributed by atoms with Gasteiger partial charge in [0.25, 0.3) is 0 Å². The highest BCUT2D eigenvalue weighted by Gasteiger charge is 2.35. The van der Waals surface area contributed by atoms with Gasteiger partial charge in [0.15, 0.2) is 0 Å². The molecule has 2 nitrogen and oxygen atoms in total. The molecule has 0 spiro atoms. The van der Waals surface area contributed by atoms with Crippen molar-refractivity contribution < 1.29 is 4.74 Å². The Kier molecular flexibility index (Phi) is 3.62. The van der Waals surface area contributed by atoms with E-state index in [9.17, 15) is 0 Å². The van der Waals surface area contributed by atoms with E-state index >= 15 is 0 Å². The van der Waals surface area contributed by atoms with Crippen LogP contribution >= 0.6 is 0 Å². The fourth-order valence-corrected chi connectivity index (χ4v) is 3.22. The summed E-state index contributed by atoms with van der Waals surface area (Å²) < 4.78 is 5.33. The molecule has 0 heterocycles. The smallest absolute Gasteiger partial charge is 0.120 e. The minimum absolute atomic E-state index is 0.234. The SMILES string of the molecule is COc1cccc(NC2c3ccccc3CCC2(C)C)c1. The topological polar surface area (TPSA) is 21.3 Å². The maximum absolute atomic E-state index is 5.33. The molecule has 1 atom stereocenters. The molecule has 0 aliphatic heterocycles. The number of fused-ring (bicyclic) bond motifs is 1. The molecule has 0 amide bonds. The van der Waals surface area contributed by atoms with Crippen LogP contribution < -0.4 is 10.1 Å². The minimum Gasteiger partial charge on any atom is -0.497 e. The number of rotatable bonds is 3. The normalized spacial score (nSPS) is 19.7. The predicted molar refractivity (Wildman–Crippen MR) is 87.9 cm³/mol. The maximum atomic E-state index is 5.33. The molecule has 2 aromatic carbocycles. The molecule has 0 fully saturated rings. The molecule has 3 rings (SSSR count). The quantitative estimate of drug-likeness (QED) is 0.870. The molecule has 2 aromatic rings. The van der Waals surface area contributed by atoms with Crippen LogP contribution in [-0.2, 0) is 6.42 Å². The van der Waals surface area contributed by atoms with Crippen LogP contribution in [0, 0.1) is 5.41 Å². The Balaban J connectivity index is 1.95. The van der Waals surface area contributed by atoms with Gasteiger partial charge in [0.05, 0.1) is 13.2 Å². The van der Waals surface area contributed by atoms with Gasteiger partial charge in [-0.25, -0.2) is 0 Å². The van der Waals surface area contributed by atoms with E-state index in [4.69, 9.17) is 4.74 Å². The molecule has 0 saturated carbocycles. The van der Waals surface area contributed by atoms with Crippen molar-refractivity contribution in [3.05, 3.63) is 59.7 Å². The lowest BCUT2D eigenvalue weighted by atomic mass is 9.70. The number of ether oxygens (including phenoxy) is 1. The Morgan fingerprint density at radius 2 is 1.90 bits per heavy atom. The van der Waals surface area contributed by atoms with Crippen molar-refractivity contribution in [2.24, 2.45) is 5.41 Å². The summed E-state index contributed by atoms with van der Waals surface area (Å²) >= 11 is 0. The van der Waals surface area contributed by atoms with Gasteiger partial charge in [0.2, 0.25) is 0 Å². The number of hydrogen-bond donors (Lipinski definition) is 1. The van der Waals surface area contributed by atoms with Gasteiger partial charge >= 0.3 is 0 Å². The average Bonchev–Trinajstić information content (AvgIpc) is 2.50. The highest BCUT2D eigenvalue weighted by Crippen LogP contribution is 2.45. The fraction of sp³-hybridized carbons (Fsp3) is 0.368. The lowest BCUT2D eigenvalue weighted by Gasteiger charge is -2.41. The summed E-state index contributed by atoms with van der Waals surface area (Å²) in [6, 6.07) is 17.3. The number of aryl methyl sites for hydroxylation is 1. The van der Waals surface area contributed by atoms with Crippen LogP contribution in [0.15, 0.2) is 48.5 Å². The summed E-state index contributed by atoms with van der Waals surface area (Å²) in [4.78, 5) is 0. The Labute approximate surface area is 127 Å². The van der Waals surface area contributed by atoms with E-state index in [1.807, 2.05) is 12.1 Å². The zero-order valence-electron chi connectivity index (χ0n) is 13.0. The standard InChI is InChI=1S/C19H23NO/c1-19(2)12-11-14-7-4-5-10-17(14)18(19)20-15-8-6-9-16(13-15)21-3/h4-10,13,18,20H,11-12H2,1-3H3. The first-order valence-electron chi connectivity index (χ1n) is 7.58. The summed E-state index contributed by atoms with van der Waals surface area (Å²) in [5, 5.41) is 3.72. The molecule has 2 heteroatoms. The van der Waals surface area contributed by atoms with Crippen LogP contribution in [0.25, 0.3) is 0 Å². The van der Waals surface area contributed by atoms with Gasteiger partial charge in [-0.1, -0.05) is 44.2 Å². The molecule has 1 aliphatic rings. The van der Waals surface area contributed by atoms with Gasteiger partial charge in [0, 0.05) is 11.8 Å². The summed E-state index contributed by atoms with van der Waals surface area (Å²) in [6.07, 6.45) is 2.37. The van der Waals surface area contributed by atoms with E-state index in [2.05, 4.69) is 55.6 Å². The first kappa shape index (κ1) is 14.0. The van der Waals surface area contributed by atoms with E-state index in [-0.39, 0.29) is 5.41 Å². The van der Waals surface area contributed by atoms with Crippen LogP contribution in [0.4, 0.5) is 5.69 Å². The van der Waals surface area contributed by atoms with Crippen molar-refractivity contribution in [1.29, 1.82) is 0 Å². The van der Waals surface area contributed by atoms with Crippen molar-refractivity contribution in [2.45, 2.75) is 32.7 Å². The predicted octanol–water partition coefficient (Wildman–Crippen LogP) is 4.82. The van der Waals surface area contributed by atoms with Gasteiger partial charge in [-0.05, 0) is 41.5 Å². The van der Waals surface area contributed by atoms with Gasteiger partial charge in [-0.3, -0.25) is 0 Å².